The standard InChI is InChI=1S/C25H27NO6S/c1-3-6-22(26-33(29,30)18-12-9-16(2)10-13-18)25(28)31-17-11-14-20-19-7-4-5-8-21(19)24(27)32-23(20)15-17/h9-15,22,26H,3-8H2,1-2H3/t22-/m0/s1. The van der Waals surface area contributed by atoms with Crippen LogP contribution in [0, 0.1) is 6.92 Å². The van der Waals surface area contributed by atoms with Crippen LogP contribution in [0.4, 0.5) is 0 Å². The molecule has 2 aromatic carbocycles. The summed E-state index contributed by atoms with van der Waals surface area (Å²) in [6.07, 6.45) is 4.37. The van der Waals surface area contributed by atoms with E-state index in [-0.39, 0.29) is 22.7 Å². The van der Waals surface area contributed by atoms with Crippen molar-refractivity contribution in [2.45, 2.75) is 63.3 Å². The molecule has 0 radical (unpaired) electrons. The second-order valence-electron chi connectivity index (χ2n) is 8.41. The van der Waals surface area contributed by atoms with Gasteiger partial charge in [0.15, 0.2) is 0 Å². The van der Waals surface area contributed by atoms with Gasteiger partial charge in [-0.05, 0) is 68.9 Å². The third-order valence-corrected chi connectivity index (χ3v) is 7.39. The van der Waals surface area contributed by atoms with E-state index in [0.717, 1.165) is 41.3 Å². The molecule has 1 atom stereocenters. The predicted molar refractivity (Wildman–Crippen MR) is 125 cm³/mol. The van der Waals surface area contributed by atoms with Gasteiger partial charge in [0, 0.05) is 17.0 Å². The molecule has 0 saturated heterocycles. The molecule has 1 aliphatic carbocycles. The number of carbonyl (C=O) groups excluding carboxylic acids is 1. The molecule has 7 nitrogen and oxygen atoms in total. The number of sulfonamides is 1. The van der Waals surface area contributed by atoms with Crippen LogP contribution in [-0.4, -0.2) is 20.4 Å². The minimum absolute atomic E-state index is 0.0826. The first kappa shape index (κ1) is 23.2. The Morgan fingerprint density at radius 3 is 2.48 bits per heavy atom. The lowest BCUT2D eigenvalue weighted by Crippen LogP contribution is -2.42. The monoisotopic (exact) mass is 469 g/mol. The fourth-order valence-electron chi connectivity index (χ4n) is 4.16. The van der Waals surface area contributed by atoms with Gasteiger partial charge in [-0.1, -0.05) is 31.0 Å². The molecule has 0 saturated carbocycles. The smallest absolute Gasteiger partial charge is 0.339 e. The highest BCUT2D eigenvalue weighted by atomic mass is 32.2. The summed E-state index contributed by atoms with van der Waals surface area (Å²) in [6.45, 7) is 3.72. The van der Waals surface area contributed by atoms with E-state index in [9.17, 15) is 18.0 Å². The maximum atomic E-state index is 12.9. The van der Waals surface area contributed by atoms with Gasteiger partial charge in [0.05, 0.1) is 4.90 Å². The highest BCUT2D eigenvalue weighted by Gasteiger charge is 2.27. The van der Waals surface area contributed by atoms with Gasteiger partial charge in [-0.2, -0.15) is 4.72 Å². The quantitative estimate of drug-likeness (QED) is 0.318. The van der Waals surface area contributed by atoms with Crippen molar-refractivity contribution in [3.05, 3.63) is 69.6 Å². The van der Waals surface area contributed by atoms with Crippen LogP contribution in [0.25, 0.3) is 11.0 Å². The third kappa shape index (κ3) is 5.02. The fraction of sp³-hybridized carbons (Fsp3) is 0.360. The van der Waals surface area contributed by atoms with Gasteiger partial charge >= 0.3 is 11.6 Å². The molecule has 33 heavy (non-hydrogen) atoms. The van der Waals surface area contributed by atoms with Gasteiger partial charge < -0.3 is 9.15 Å². The molecule has 0 fully saturated rings. The first-order valence-electron chi connectivity index (χ1n) is 11.2. The molecule has 8 heteroatoms. The van der Waals surface area contributed by atoms with Gasteiger partial charge in [-0.15, -0.1) is 0 Å². The lowest BCUT2D eigenvalue weighted by atomic mass is 9.91. The average Bonchev–Trinajstić information content (AvgIpc) is 2.79. The highest BCUT2D eigenvalue weighted by molar-refractivity contribution is 7.89. The second kappa shape index (κ2) is 9.49. The van der Waals surface area contributed by atoms with Crippen LogP contribution >= 0.6 is 0 Å². The minimum atomic E-state index is -3.90. The van der Waals surface area contributed by atoms with E-state index in [4.69, 9.17) is 9.15 Å². The van der Waals surface area contributed by atoms with E-state index in [2.05, 4.69) is 4.72 Å². The van der Waals surface area contributed by atoms with E-state index < -0.39 is 22.0 Å². The number of hydrogen-bond donors (Lipinski definition) is 1. The zero-order valence-electron chi connectivity index (χ0n) is 18.7. The van der Waals surface area contributed by atoms with Gasteiger partial charge in [0.2, 0.25) is 10.0 Å². The topological polar surface area (TPSA) is 103 Å². The number of ether oxygens (including phenoxy) is 1. The average molecular weight is 470 g/mol. The number of esters is 1. The fourth-order valence-corrected chi connectivity index (χ4v) is 5.38. The van der Waals surface area contributed by atoms with Crippen molar-refractivity contribution in [1.29, 1.82) is 0 Å². The van der Waals surface area contributed by atoms with Crippen LogP contribution in [0.2, 0.25) is 0 Å². The molecule has 3 aromatic rings. The summed E-state index contributed by atoms with van der Waals surface area (Å²) in [6, 6.07) is 10.3. The molecule has 1 aromatic heterocycles. The summed E-state index contributed by atoms with van der Waals surface area (Å²) in [5.41, 5.74) is 2.67. The molecule has 0 spiro atoms. The summed E-state index contributed by atoms with van der Waals surface area (Å²) in [7, 11) is -3.90. The number of benzene rings is 2. The Morgan fingerprint density at radius 1 is 1.09 bits per heavy atom. The van der Waals surface area contributed by atoms with Gasteiger partial charge in [-0.3, -0.25) is 0 Å². The number of carbonyl (C=O) groups is 1. The first-order chi connectivity index (χ1) is 15.8. The van der Waals surface area contributed by atoms with Crippen LogP contribution in [-0.2, 0) is 27.7 Å². The van der Waals surface area contributed by atoms with E-state index in [1.165, 1.54) is 18.2 Å². The van der Waals surface area contributed by atoms with Crippen LogP contribution in [0.1, 0.15) is 49.3 Å². The number of hydrogen-bond acceptors (Lipinski definition) is 6. The molecule has 0 unspecified atom stereocenters. The van der Waals surface area contributed by atoms with Crippen LogP contribution < -0.4 is 15.1 Å². The third-order valence-electron chi connectivity index (χ3n) is 5.90. The summed E-state index contributed by atoms with van der Waals surface area (Å²) in [5, 5.41) is 0.842. The van der Waals surface area contributed by atoms with Crippen molar-refractivity contribution in [3.63, 3.8) is 0 Å². The normalized spacial score (nSPS) is 14.6. The second-order valence-corrected chi connectivity index (χ2v) is 10.1. The Bertz CT molecular complexity index is 1340. The van der Waals surface area contributed by atoms with Crippen LogP contribution in [0.3, 0.4) is 0 Å². The van der Waals surface area contributed by atoms with E-state index >= 15 is 0 Å². The predicted octanol–water partition coefficient (Wildman–Crippen LogP) is 4.03. The van der Waals surface area contributed by atoms with Crippen LogP contribution in [0.5, 0.6) is 5.75 Å². The van der Waals surface area contributed by atoms with Gasteiger partial charge in [0.1, 0.15) is 17.4 Å². The van der Waals surface area contributed by atoms with Crippen molar-refractivity contribution >= 4 is 27.0 Å². The Hall–Kier alpha value is -2.97. The van der Waals surface area contributed by atoms with Gasteiger partial charge in [-0.25, -0.2) is 18.0 Å². The molecule has 0 amide bonds. The maximum Gasteiger partial charge on any atom is 0.339 e. The molecule has 0 aliphatic heterocycles. The van der Waals surface area contributed by atoms with Crippen molar-refractivity contribution in [2.75, 3.05) is 0 Å². The Labute approximate surface area is 192 Å². The molecule has 1 heterocycles. The largest absolute Gasteiger partial charge is 0.425 e. The van der Waals surface area contributed by atoms with Crippen LogP contribution in [0.15, 0.2) is 56.6 Å². The molecular formula is C25H27NO6S. The highest BCUT2D eigenvalue weighted by Crippen LogP contribution is 2.29. The van der Waals surface area contributed by atoms with Crippen molar-refractivity contribution < 1.29 is 22.4 Å². The zero-order valence-corrected chi connectivity index (χ0v) is 19.5. The molecular weight excluding hydrogens is 442 g/mol. The van der Waals surface area contributed by atoms with Crippen molar-refractivity contribution in [2.24, 2.45) is 0 Å². The van der Waals surface area contributed by atoms with E-state index in [1.54, 1.807) is 24.3 Å². The zero-order chi connectivity index (χ0) is 23.6. The Morgan fingerprint density at radius 2 is 1.79 bits per heavy atom. The molecule has 1 aliphatic rings. The minimum Gasteiger partial charge on any atom is -0.425 e. The molecule has 4 rings (SSSR count). The van der Waals surface area contributed by atoms with Gasteiger partial charge in [0.25, 0.3) is 0 Å². The summed E-state index contributed by atoms with van der Waals surface area (Å²) < 4.78 is 39.0. The van der Waals surface area contributed by atoms with Crippen molar-refractivity contribution in [3.8, 4) is 5.75 Å². The van der Waals surface area contributed by atoms with E-state index in [0.29, 0.717) is 18.4 Å². The Kier molecular flexibility index (Phi) is 6.67. The maximum absolute atomic E-state index is 12.9. The molecule has 0 bridgehead atoms. The summed E-state index contributed by atoms with van der Waals surface area (Å²) >= 11 is 0. The molecule has 174 valence electrons. The van der Waals surface area contributed by atoms with E-state index in [1.807, 2.05) is 13.8 Å². The number of nitrogens with one attached hydrogen (secondary N) is 1. The number of fused-ring (bicyclic) bond motifs is 3. The number of aryl methyl sites for hydroxylation is 2. The lowest BCUT2D eigenvalue weighted by Gasteiger charge is -2.18. The SMILES string of the molecule is CCC[C@H](NS(=O)(=O)c1ccc(C)cc1)C(=O)Oc1ccc2c3c(c(=O)oc2c1)CCCC3. The summed E-state index contributed by atoms with van der Waals surface area (Å²) in [5.74, 6) is -0.519. The Balaban J connectivity index is 1.57. The van der Waals surface area contributed by atoms with Crippen molar-refractivity contribution in [1.82, 2.24) is 4.72 Å². The first-order valence-corrected chi connectivity index (χ1v) is 12.7. The molecule has 1 N–H and O–H groups in total. The lowest BCUT2D eigenvalue weighted by molar-refractivity contribution is -0.136. The summed E-state index contributed by atoms with van der Waals surface area (Å²) in [4.78, 5) is 25.3. The number of rotatable bonds is 7.